The molecule has 0 bridgehead atoms. The van der Waals surface area contributed by atoms with Crippen molar-refractivity contribution >= 4 is 10.8 Å². The molecule has 0 amide bonds. The zero-order valence-corrected chi connectivity index (χ0v) is 10.4. The minimum Gasteiger partial charge on any atom is -0.508 e. The first-order chi connectivity index (χ1) is 9.22. The Balaban J connectivity index is 1.96. The monoisotopic (exact) mass is 250 g/mol. The average Bonchev–Trinajstić information content (AvgIpc) is 2.42. The number of fused-ring (bicyclic) bond motifs is 1. The molecule has 0 unspecified atom stereocenters. The minimum absolute atomic E-state index is 0.0831. The van der Waals surface area contributed by atoms with Gasteiger partial charge in [-0.1, -0.05) is 48.5 Å². The van der Waals surface area contributed by atoms with Crippen molar-refractivity contribution in [3.8, 4) is 11.5 Å². The van der Waals surface area contributed by atoms with Crippen molar-refractivity contribution in [3.63, 3.8) is 0 Å². The van der Waals surface area contributed by atoms with Crippen molar-refractivity contribution in [2.45, 2.75) is 6.42 Å². The highest BCUT2D eigenvalue weighted by Gasteiger charge is 2.04. The standard InChI is InChI=1S/C17H14O2/c18-16-8-7-15(17(19)11-16)10-12-5-6-13-3-1-2-4-14(13)9-12/h1-9,11,18-19H,10H2. The molecule has 2 N–H and O–H groups in total. The number of hydrogen-bond donors (Lipinski definition) is 2. The smallest absolute Gasteiger partial charge is 0.122 e. The van der Waals surface area contributed by atoms with E-state index in [1.54, 1.807) is 12.1 Å². The maximum atomic E-state index is 9.81. The second kappa shape index (κ2) is 4.65. The number of rotatable bonds is 2. The Bertz CT molecular complexity index is 732. The molecule has 94 valence electrons. The Morgan fingerprint density at radius 2 is 1.53 bits per heavy atom. The maximum Gasteiger partial charge on any atom is 0.122 e. The molecule has 0 heterocycles. The summed E-state index contributed by atoms with van der Waals surface area (Å²) in [5.41, 5.74) is 1.95. The molecule has 2 nitrogen and oxygen atoms in total. The zero-order valence-electron chi connectivity index (χ0n) is 10.4. The number of hydrogen-bond acceptors (Lipinski definition) is 2. The lowest BCUT2D eigenvalue weighted by Gasteiger charge is -2.06. The Labute approximate surface area is 111 Å². The van der Waals surface area contributed by atoms with E-state index in [0.29, 0.717) is 6.42 Å². The molecule has 0 aliphatic heterocycles. The molecule has 0 radical (unpaired) electrons. The van der Waals surface area contributed by atoms with Gasteiger partial charge in [-0.15, -0.1) is 0 Å². The molecule has 3 rings (SSSR count). The first-order valence-corrected chi connectivity index (χ1v) is 6.21. The third-order valence-corrected chi connectivity index (χ3v) is 3.28. The van der Waals surface area contributed by atoms with E-state index in [9.17, 15) is 10.2 Å². The van der Waals surface area contributed by atoms with Crippen molar-refractivity contribution in [2.24, 2.45) is 0 Å². The van der Waals surface area contributed by atoms with Crippen LogP contribution in [-0.4, -0.2) is 10.2 Å². The van der Waals surface area contributed by atoms with E-state index in [0.717, 1.165) is 11.1 Å². The predicted octanol–water partition coefficient (Wildman–Crippen LogP) is 3.84. The van der Waals surface area contributed by atoms with Crippen LogP contribution in [0.25, 0.3) is 10.8 Å². The van der Waals surface area contributed by atoms with Gasteiger partial charge in [0.2, 0.25) is 0 Å². The van der Waals surface area contributed by atoms with Crippen LogP contribution in [0.15, 0.2) is 60.7 Å². The summed E-state index contributed by atoms with van der Waals surface area (Å²) in [5, 5.41) is 21.5. The molecular formula is C17H14O2. The van der Waals surface area contributed by atoms with E-state index in [2.05, 4.69) is 30.3 Å². The van der Waals surface area contributed by atoms with E-state index < -0.39 is 0 Å². The van der Waals surface area contributed by atoms with Gasteiger partial charge in [0.05, 0.1) is 0 Å². The highest BCUT2D eigenvalue weighted by Crippen LogP contribution is 2.26. The van der Waals surface area contributed by atoms with Crippen LogP contribution in [0.5, 0.6) is 11.5 Å². The minimum atomic E-state index is 0.0831. The summed E-state index contributed by atoms with van der Waals surface area (Å²) in [5.74, 6) is 0.216. The molecular weight excluding hydrogens is 236 g/mol. The van der Waals surface area contributed by atoms with Gasteiger partial charge >= 0.3 is 0 Å². The summed E-state index contributed by atoms with van der Waals surface area (Å²) in [7, 11) is 0. The van der Waals surface area contributed by atoms with Gasteiger partial charge in [0.15, 0.2) is 0 Å². The van der Waals surface area contributed by atoms with Gasteiger partial charge in [-0.25, -0.2) is 0 Å². The molecule has 0 atom stereocenters. The topological polar surface area (TPSA) is 40.5 Å². The van der Waals surface area contributed by atoms with Gasteiger partial charge in [-0.05, 0) is 28.0 Å². The van der Waals surface area contributed by atoms with Gasteiger partial charge in [0, 0.05) is 12.5 Å². The third kappa shape index (κ3) is 2.38. The molecule has 3 aromatic carbocycles. The molecule has 0 aliphatic carbocycles. The predicted molar refractivity (Wildman–Crippen MR) is 76.5 cm³/mol. The highest BCUT2D eigenvalue weighted by atomic mass is 16.3. The van der Waals surface area contributed by atoms with Gasteiger partial charge in [-0.2, -0.15) is 0 Å². The lowest BCUT2D eigenvalue weighted by Crippen LogP contribution is -1.89. The fraction of sp³-hybridized carbons (Fsp3) is 0.0588. The van der Waals surface area contributed by atoms with Crippen LogP contribution < -0.4 is 0 Å². The first-order valence-electron chi connectivity index (χ1n) is 6.21. The first kappa shape index (κ1) is 11.6. The molecule has 0 spiro atoms. The van der Waals surface area contributed by atoms with E-state index in [1.165, 1.54) is 16.8 Å². The summed E-state index contributed by atoms with van der Waals surface area (Å²) in [6.45, 7) is 0. The summed E-state index contributed by atoms with van der Waals surface area (Å²) in [6, 6.07) is 19.2. The fourth-order valence-corrected chi connectivity index (χ4v) is 2.27. The van der Waals surface area contributed by atoms with E-state index in [-0.39, 0.29) is 11.5 Å². The molecule has 0 fully saturated rings. The summed E-state index contributed by atoms with van der Waals surface area (Å²) in [6.07, 6.45) is 0.650. The van der Waals surface area contributed by atoms with Crippen LogP contribution in [0.4, 0.5) is 0 Å². The number of aromatic hydroxyl groups is 2. The van der Waals surface area contributed by atoms with Crippen LogP contribution in [0.2, 0.25) is 0 Å². The second-order valence-electron chi connectivity index (χ2n) is 4.67. The van der Waals surface area contributed by atoms with Crippen molar-refractivity contribution < 1.29 is 10.2 Å². The molecule has 2 heteroatoms. The summed E-state index contributed by atoms with van der Waals surface area (Å²) in [4.78, 5) is 0. The zero-order chi connectivity index (χ0) is 13.2. The molecule has 0 saturated heterocycles. The van der Waals surface area contributed by atoms with Crippen LogP contribution in [0.3, 0.4) is 0 Å². The Hall–Kier alpha value is -2.48. The van der Waals surface area contributed by atoms with Crippen molar-refractivity contribution in [2.75, 3.05) is 0 Å². The lowest BCUT2D eigenvalue weighted by atomic mass is 10.0. The van der Waals surface area contributed by atoms with Gasteiger partial charge in [-0.3, -0.25) is 0 Å². The molecule has 3 aromatic rings. The number of benzene rings is 3. The van der Waals surface area contributed by atoms with E-state index >= 15 is 0 Å². The SMILES string of the molecule is Oc1ccc(Cc2ccc3ccccc3c2)c(O)c1. The van der Waals surface area contributed by atoms with Crippen molar-refractivity contribution in [3.05, 3.63) is 71.8 Å². The van der Waals surface area contributed by atoms with Crippen molar-refractivity contribution in [1.29, 1.82) is 0 Å². The summed E-state index contributed by atoms with van der Waals surface area (Å²) >= 11 is 0. The van der Waals surface area contributed by atoms with Gasteiger partial charge in [0.1, 0.15) is 11.5 Å². The van der Waals surface area contributed by atoms with Crippen LogP contribution in [0, 0.1) is 0 Å². The fourth-order valence-electron chi connectivity index (χ4n) is 2.27. The molecule has 0 aliphatic rings. The number of phenolic OH excluding ortho intramolecular Hbond substituents is 2. The largest absolute Gasteiger partial charge is 0.508 e. The van der Waals surface area contributed by atoms with Crippen LogP contribution >= 0.6 is 0 Å². The maximum absolute atomic E-state index is 9.81. The van der Waals surface area contributed by atoms with Crippen molar-refractivity contribution in [1.82, 2.24) is 0 Å². The normalized spacial score (nSPS) is 10.7. The lowest BCUT2D eigenvalue weighted by molar-refractivity contribution is 0.447. The Kier molecular flexibility index (Phi) is 2.84. The van der Waals surface area contributed by atoms with Crippen LogP contribution in [-0.2, 0) is 6.42 Å². The summed E-state index contributed by atoms with van der Waals surface area (Å²) < 4.78 is 0. The molecule has 19 heavy (non-hydrogen) atoms. The van der Waals surface area contributed by atoms with Gasteiger partial charge < -0.3 is 10.2 Å². The highest BCUT2D eigenvalue weighted by molar-refractivity contribution is 5.83. The third-order valence-electron chi connectivity index (χ3n) is 3.28. The Morgan fingerprint density at radius 3 is 2.32 bits per heavy atom. The average molecular weight is 250 g/mol. The second-order valence-corrected chi connectivity index (χ2v) is 4.67. The van der Waals surface area contributed by atoms with Crippen LogP contribution in [0.1, 0.15) is 11.1 Å². The quantitative estimate of drug-likeness (QED) is 0.725. The molecule has 0 aromatic heterocycles. The van der Waals surface area contributed by atoms with Gasteiger partial charge in [0.25, 0.3) is 0 Å². The number of phenols is 2. The molecule has 0 saturated carbocycles. The Morgan fingerprint density at radius 1 is 0.737 bits per heavy atom. The van der Waals surface area contributed by atoms with E-state index in [4.69, 9.17) is 0 Å². The van der Waals surface area contributed by atoms with E-state index in [1.807, 2.05) is 12.1 Å².